The van der Waals surface area contributed by atoms with Crippen LogP contribution in [0.4, 0.5) is 11.5 Å². The van der Waals surface area contributed by atoms with Gasteiger partial charge in [0.05, 0.1) is 5.69 Å². The Balaban J connectivity index is 1.31. The quantitative estimate of drug-likeness (QED) is 0.585. The monoisotopic (exact) mass is 436 g/mol. The van der Waals surface area contributed by atoms with E-state index in [1.54, 1.807) is 24.3 Å². The number of hydrogen-bond donors (Lipinski definition) is 1. The molecule has 2 heterocycles. The molecule has 0 aliphatic carbocycles. The van der Waals surface area contributed by atoms with Gasteiger partial charge in [-0.25, -0.2) is 0 Å². The number of hydrogen-bond acceptors (Lipinski definition) is 5. The van der Waals surface area contributed by atoms with E-state index in [4.69, 9.17) is 16.3 Å². The van der Waals surface area contributed by atoms with Crippen molar-refractivity contribution < 1.29 is 9.53 Å². The van der Waals surface area contributed by atoms with Crippen LogP contribution in [0.15, 0.2) is 60.7 Å². The maximum absolute atomic E-state index is 12.1. The number of piperidine rings is 1. The predicted molar refractivity (Wildman–Crippen MR) is 124 cm³/mol. The number of carbonyl (C=O) groups is 1. The van der Waals surface area contributed by atoms with Crippen molar-refractivity contribution in [2.24, 2.45) is 5.92 Å². The van der Waals surface area contributed by atoms with Gasteiger partial charge in [-0.2, -0.15) is 0 Å². The van der Waals surface area contributed by atoms with E-state index < -0.39 is 0 Å². The summed E-state index contributed by atoms with van der Waals surface area (Å²) in [6, 6.07) is 18.4. The Morgan fingerprint density at radius 1 is 1.03 bits per heavy atom. The van der Waals surface area contributed by atoms with Gasteiger partial charge in [-0.05, 0) is 67.3 Å². The highest BCUT2D eigenvalue weighted by atomic mass is 35.5. The van der Waals surface area contributed by atoms with Gasteiger partial charge in [0.15, 0.2) is 12.4 Å². The molecule has 3 aromatic rings. The molecule has 7 heteroatoms. The van der Waals surface area contributed by atoms with Crippen LogP contribution < -0.4 is 15.0 Å². The molecule has 0 saturated carbocycles. The Morgan fingerprint density at radius 3 is 2.39 bits per heavy atom. The Hall–Kier alpha value is -3.12. The first-order valence-corrected chi connectivity index (χ1v) is 10.8. The zero-order valence-corrected chi connectivity index (χ0v) is 18.2. The third-order valence-corrected chi connectivity index (χ3v) is 5.66. The van der Waals surface area contributed by atoms with E-state index in [9.17, 15) is 4.79 Å². The highest BCUT2D eigenvalue weighted by molar-refractivity contribution is 6.30. The zero-order valence-electron chi connectivity index (χ0n) is 17.4. The Kier molecular flexibility index (Phi) is 6.67. The molecule has 1 N–H and O–H groups in total. The summed E-state index contributed by atoms with van der Waals surface area (Å²) in [6.07, 6.45) is 2.39. The number of ether oxygens (including phenoxy) is 1. The smallest absolute Gasteiger partial charge is 0.262 e. The minimum absolute atomic E-state index is 0.0778. The second kappa shape index (κ2) is 9.79. The summed E-state index contributed by atoms with van der Waals surface area (Å²) < 4.78 is 5.46. The van der Waals surface area contributed by atoms with Crippen molar-refractivity contribution in [3.63, 3.8) is 0 Å². The average Bonchev–Trinajstić information content (AvgIpc) is 2.80. The fraction of sp³-hybridized carbons (Fsp3) is 0.292. The van der Waals surface area contributed by atoms with Gasteiger partial charge in [-0.1, -0.05) is 30.7 Å². The number of halogens is 1. The molecular weight excluding hydrogens is 412 g/mol. The van der Waals surface area contributed by atoms with Gasteiger partial charge >= 0.3 is 0 Å². The van der Waals surface area contributed by atoms with E-state index in [0.29, 0.717) is 16.5 Å². The molecule has 1 aliphatic rings. The summed E-state index contributed by atoms with van der Waals surface area (Å²) in [7, 11) is 0. The van der Waals surface area contributed by atoms with Gasteiger partial charge in [-0.3, -0.25) is 4.79 Å². The number of aromatic nitrogens is 2. The third-order valence-electron chi connectivity index (χ3n) is 5.41. The SMILES string of the molecule is CC1CCN(c2ccc(-c3ccc(NC(=O)COc4ccc(Cl)cc4)cc3)nn2)CC1. The second-order valence-corrected chi connectivity index (χ2v) is 8.25. The van der Waals surface area contributed by atoms with Crippen molar-refractivity contribution in [3.05, 3.63) is 65.7 Å². The molecule has 1 aromatic heterocycles. The van der Waals surface area contributed by atoms with Crippen LogP contribution in [-0.2, 0) is 4.79 Å². The molecule has 2 aromatic carbocycles. The van der Waals surface area contributed by atoms with E-state index in [-0.39, 0.29) is 12.5 Å². The summed E-state index contributed by atoms with van der Waals surface area (Å²) in [4.78, 5) is 14.4. The molecule has 1 aliphatic heterocycles. The maximum Gasteiger partial charge on any atom is 0.262 e. The number of carbonyl (C=O) groups excluding carboxylic acids is 1. The van der Waals surface area contributed by atoms with Gasteiger partial charge in [0.25, 0.3) is 5.91 Å². The van der Waals surface area contributed by atoms with Crippen LogP contribution in [0, 0.1) is 5.92 Å². The zero-order chi connectivity index (χ0) is 21.6. The van der Waals surface area contributed by atoms with Crippen LogP contribution in [-0.4, -0.2) is 35.8 Å². The molecule has 0 spiro atoms. The van der Waals surface area contributed by atoms with E-state index in [0.717, 1.165) is 36.1 Å². The fourth-order valence-corrected chi connectivity index (χ4v) is 3.61. The van der Waals surface area contributed by atoms with Crippen LogP contribution in [0.2, 0.25) is 5.02 Å². The van der Waals surface area contributed by atoms with E-state index in [1.165, 1.54) is 12.8 Å². The van der Waals surface area contributed by atoms with Crippen molar-refractivity contribution in [1.82, 2.24) is 10.2 Å². The van der Waals surface area contributed by atoms with Crippen LogP contribution in [0.25, 0.3) is 11.3 Å². The minimum atomic E-state index is -0.234. The van der Waals surface area contributed by atoms with Crippen molar-refractivity contribution in [2.75, 3.05) is 29.9 Å². The van der Waals surface area contributed by atoms with E-state index in [2.05, 4.69) is 27.3 Å². The molecule has 0 atom stereocenters. The number of anilines is 2. The van der Waals surface area contributed by atoms with Crippen LogP contribution in [0.1, 0.15) is 19.8 Å². The molecule has 1 saturated heterocycles. The lowest BCUT2D eigenvalue weighted by atomic mass is 9.99. The first-order valence-electron chi connectivity index (χ1n) is 10.4. The topological polar surface area (TPSA) is 67.4 Å². The molecular formula is C24H25ClN4O2. The van der Waals surface area contributed by atoms with Gasteiger partial charge < -0.3 is 15.0 Å². The Labute approximate surface area is 187 Å². The number of amides is 1. The standard InChI is InChI=1S/C24H25ClN4O2/c1-17-12-14-29(15-13-17)23-11-10-22(27-28-23)18-2-6-20(7-3-18)26-24(30)16-31-21-8-4-19(25)5-9-21/h2-11,17H,12-16H2,1H3,(H,26,30). The normalized spacial score (nSPS) is 14.3. The molecule has 160 valence electrons. The van der Waals surface area contributed by atoms with Crippen LogP contribution in [0.3, 0.4) is 0 Å². The summed E-state index contributed by atoms with van der Waals surface area (Å²) in [5.74, 6) is 2.07. The minimum Gasteiger partial charge on any atom is -0.484 e. The first kappa shape index (κ1) is 21.1. The number of nitrogens with one attached hydrogen (secondary N) is 1. The lowest BCUT2D eigenvalue weighted by Crippen LogP contribution is -2.33. The number of nitrogens with zero attached hydrogens (tertiary/aromatic N) is 3. The molecule has 1 amide bonds. The Bertz CT molecular complexity index is 999. The van der Waals surface area contributed by atoms with Crippen molar-refractivity contribution in [2.45, 2.75) is 19.8 Å². The first-order chi connectivity index (χ1) is 15.1. The Morgan fingerprint density at radius 2 is 1.74 bits per heavy atom. The molecule has 0 unspecified atom stereocenters. The van der Waals surface area contributed by atoms with Gasteiger partial charge in [0, 0.05) is 29.4 Å². The fourth-order valence-electron chi connectivity index (χ4n) is 3.49. The molecule has 6 nitrogen and oxygen atoms in total. The summed E-state index contributed by atoms with van der Waals surface area (Å²) in [6.45, 7) is 4.28. The van der Waals surface area contributed by atoms with Crippen molar-refractivity contribution in [3.8, 4) is 17.0 Å². The average molecular weight is 437 g/mol. The number of rotatable bonds is 6. The third kappa shape index (κ3) is 5.73. The molecule has 31 heavy (non-hydrogen) atoms. The molecule has 0 bridgehead atoms. The highest BCUT2D eigenvalue weighted by Crippen LogP contribution is 2.24. The van der Waals surface area contributed by atoms with Crippen molar-refractivity contribution in [1.29, 1.82) is 0 Å². The van der Waals surface area contributed by atoms with Crippen LogP contribution >= 0.6 is 11.6 Å². The lowest BCUT2D eigenvalue weighted by molar-refractivity contribution is -0.118. The maximum atomic E-state index is 12.1. The van der Waals surface area contributed by atoms with Gasteiger partial charge in [-0.15, -0.1) is 10.2 Å². The molecule has 1 fully saturated rings. The van der Waals surface area contributed by atoms with E-state index >= 15 is 0 Å². The highest BCUT2D eigenvalue weighted by Gasteiger charge is 2.17. The lowest BCUT2D eigenvalue weighted by Gasteiger charge is -2.30. The largest absolute Gasteiger partial charge is 0.484 e. The molecule has 0 radical (unpaired) electrons. The van der Waals surface area contributed by atoms with Gasteiger partial charge in [0.2, 0.25) is 0 Å². The van der Waals surface area contributed by atoms with Crippen molar-refractivity contribution >= 4 is 29.0 Å². The summed E-state index contributed by atoms with van der Waals surface area (Å²) in [5, 5.41) is 12.3. The number of benzene rings is 2. The summed E-state index contributed by atoms with van der Waals surface area (Å²) in [5.41, 5.74) is 2.44. The predicted octanol–water partition coefficient (Wildman–Crippen LogP) is 5.05. The molecule has 4 rings (SSSR count). The summed E-state index contributed by atoms with van der Waals surface area (Å²) >= 11 is 5.84. The van der Waals surface area contributed by atoms with Gasteiger partial charge in [0.1, 0.15) is 5.75 Å². The second-order valence-electron chi connectivity index (χ2n) is 7.81. The van der Waals surface area contributed by atoms with Crippen LogP contribution in [0.5, 0.6) is 5.75 Å². The van der Waals surface area contributed by atoms with E-state index in [1.807, 2.05) is 36.4 Å².